The second-order valence-corrected chi connectivity index (χ2v) is 8.22. The van der Waals surface area contributed by atoms with Crippen LogP contribution in [0.4, 0.5) is 0 Å². The van der Waals surface area contributed by atoms with E-state index in [0.29, 0.717) is 0 Å². The Labute approximate surface area is 134 Å². The molecule has 1 aromatic carbocycles. The van der Waals surface area contributed by atoms with Gasteiger partial charge in [-0.15, -0.1) is 0 Å². The lowest BCUT2D eigenvalue weighted by Gasteiger charge is -2.41. The average molecular weight is 354 g/mol. The van der Waals surface area contributed by atoms with Gasteiger partial charge in [-0.05, 0) is 26.0 Å². The van der Waals surface area contributed by atoms with Crippen LogP contribution >= 0.6 is 23.2 Å². The summed E-state index contributed by atoms with van der Waals surface area (Å²) in [5.41, 5.74) is -0.702. The van der Waals surface area contributed by atoms with E-state index in [4.69, 9.17) is 27.9 Å². The number of nitrogens with zero attached hydrogens (tertiary/aromatic N) is 1. The number of ether oxygens (including phenoxy) is 1. The number of morpholine rings is 1. The number of aliphatic hydroxyl groups excluding tert-OH is 1. The van der Waals surface area contributed by atoms with Crippen LogP contribution < -0.4 is 0 Å². The van der Waals surface area contributed by atoms with Gasteiger partial charge in [0.25, 0.3) is 0 Å². The number of halogens is 2. The maximum absolute atomic E-state index is 12.8. The lowest BCUT2D eigenvalue weighted by atomic mass is 10.1. The zero-order chi connectivity index (χ0) is 15.8. The fourth-order valence-electron chi connectivity index (χ4n) is 2.38. The number of hydrogen-bond acceptors (Lipinski definition) is 4. The van der Waals surface area contributed by atoms with Gasteiger partial charge >= 0.3 is 0 Å². The van der Waals surface area contributed by atoms with Gasteiger partial charge in [0.2, 0.25) is 10.0 Å². The van der Waals surface area contributed by atoms with Crippen molar-refractivity contribution in [3.05, 3.63) is 28.2 Å². The SMILES string of the molecule is CC1(C)CN(S(=O)(=O)c2c(Cl)cccc2Cl)CC(CO)O1. The lowest BCUT2D eigenvalue weighted by Crippen LogP contribution is -2.55. The molecule has 0 aliphatic carbocycles. The minimum absolute atomic E-state index is 0.0593. The van der Waals surface area contributed by atoms with Crippen molar-refractivity contribution in [1.82, 2.24) is 4.31 Å². The molecule has 1 saturated heterocycles. The number of rotatable bonds is 3. The largest absolute Gasteiger partial charge is 0.394 e. The van der Waals surface area contributed by atoms with E-state index in [9.17, 15) is 13.5 Å². The average Bonchev–Trinajstić information content (AvgIpc) is 2.36. The van der Waals surface area contributed by atoms with Crippen LogP contribution in [0.2, 0.25) is 10.0 Å². The first-order chi connectivity index (χ1) is 9.67. The zero-order valence-electron chi connectivity index (χ0n) is 11.7. The topological polar surface area (TPSA) is 66.8 Å². The molecule has 0 saturated carbocycles. The minimum Gasteiger partial charge on any atom is -0.394 e. The van der Waals surface area contributed by atoms with Gasteiger partial charge in [-0.3, -0.25) is 0 Å². The van der Waals surface area contributed by atoms with E-state index in [1.807, 2.05) is 0 Å². The molecule has 1 unspecified atom stereocenters. The van der Waals surface area contributed by atoms with Crippen molar-refractivity contribution in [3.8, 4) is 0 Å². The summed E-state index contributed by atoms with van der Waals surface area (Å²) in [5.74, 6) is 0. The standard InChI is InChI=1S/C13H17Cl2NO4S/c1-13(2)8-16(6-9(7-17)20-13)21(18,19)12-10(14)4-3-5-11(12)15/h3-5,9,17H,6-8H2,1-2H3. The molecule has 0 radical (unpaired) electrons. The second-order valence-electron chi connectivity index (χ2n) is 5.53. The molecule has 1 atom stereocenters. The van der Waals surface area contributed by atoms with E-state index < -0.39 is 21.7 Å². The van der Waals surface area contributed by atoms with Crippen LogP contribution in [0.3, 0.4) is 0 Å². The molecule has 1 aromatic rings. The molecular weight excluding hydrogens is 337 g/mol. The highest BCUT2D eigenvalue weighted by molar-refractivity contribution is 7.89. The van der Waals surface area contributed by atoms with Gasteiger partial charge in [-0.2, -0.15) is 4.31 Å². The smallest absolute Gasteiger partial charge is 0.246 e. The first kappa shape index (κ1) is 17.0. The Bertz CT molecular complexity index is 613. The van der Waals surface area contributed by atoms with E-state index in [2.05, 4.69) is 0 Å². The molecule has 118 valence electrons. The summed E-state index contributed by atoms with van der Waals surface area (Å²) in [7, 11) is -3.86. The molecule has 5 nitrogen and oxygen atoms in total. The van der Waals surface area contributed by atoms with Crippen molar-refractivity contribution < 1.29 is 18.3 Å². The summed E-state index contributed by atoms with van der Waals surface area (Å²) in [6, 6.07) is 4.55. The molecule has 0 amide bonds. The molecule has 21 heavy (non-hydrogen) atoms. The van der Waals surface area contributed by atoms with Crippen LogP contribution in [-0.4, -0.2) is 49.2 Å². The van der Waals surface area contributed by atoms with Gasteiger partial charge in [-0.1, -0.05) is 29.3 Å². The monoisotopic (exact) mass is 353 g/mol. The first-order valence-corrected chi connectivity index (χ1v) is 8.60. The van der Waals surface area contributed by atoms with E-state index in [1.165, 1.54) is 16.4 Å². The molecule has 1 aliphatic heterocycles. The van der Waals surface area contributed by atoms with E-state index in [1.54, 1.807) is 19.9 Å². The summed E-state index contributed by atoms with van der Waals surface area (Å²) >= 11 is 12.0. The van der Waals surface area contributed by atoms with Crippen molar-refractivity contribution in [1.29, 1.82) is 0 Å². The van der Waals surface area contributed by atoms with Crippen molar-refractivity contribution in [2.75, 3.05) is 19.7 Å². The summed E-state index contributed by atoms with van der Waals surface area (Å²) in [5, 5.41) is 9.44. The zero-order valence-corrected chi connectivity index (χ0v) is 14.0. The molecule has 1 N–H and O–H groups in total. The van der Waals surface area contributed by atoms with Gasteiger partial charge in [0, 0.05) is 13.1 Å². The summed E-state index contributed by atoms with van der Waals surface area (Å²) < 4.78 is 32.5. The molecular formula is C13H17Cl2NO4S. The molecule has 8 heteroatoms. The maximum Gasteiger partial charge on any atom is 0.246 e. The Morgan fingerprint density at radius 3 is 2.48 bits per heavy atom. The van der Waals surface area contributed by atoms with Gasteiger partial charge in [0.1, 0.15) is 4.90 Å². The van der Waals surface area contributed by atoms with Gasteiger partial charge in [0.15, 0.2) is 0 Å². The van der Waals surface area contributed by atoms with Crippen molar-refractivity contribution >= 4 is 33.2 Å². The fourth-order valence-corrected chi connectivity index (χ4v) is 5.09. The van der Waals surface area contributed by atoms with Gasteiger partial charge < -0.3 is 9.84 Å². The fraction of sp³-hybridized carbons (Fsp3) is 0.538. The summed E-state index contributed by atoms with van der Waals surface area (Å²) in [6.45, 7) is 3.50. The molecule has 0 bridgehead atoms. The minimum atomic E-state index is -3.86. The normalized spacial score (nSPS) is 23.2. The molecule has 2 rings (SSSR count). The highest BCUT2D eigenvalue weighted by Gasteiger charge is 2.40. The van der Waals surface area contributed by atoms with Crippen molar-refractivity contribution in [2.24, 2.45) is 0 Å². The predicted molar refractivity (Wildman–Crippen MR) is 81.3 cm³/mol. The van der Waals surface area contributed by atoms with Crippen LogP contribution in [0.15, 0.2) is 23.1 Å². The highest BCUT2D eigenvalue weighted by Crippen LogP contribution is 2.34. The van der Waals surface area contributed by atoms with Gasteiger partial charge in [0.05, 0.1) is 28.4 Å². The number of hydrogen-bond donors (Lipinski definition) is 1. The quantitative estimate of drug-likeness (QED) is 0.903. The third kappa shape index (κ3) is 3.52. The Kier molecular flexibility index (Phi) is 4.87. The van der Waals surface area contributed by atoms with Crippen molar-refractivity contribution in [2.45, 2.75) is 30.4 Å². The third-order valence-corrected chi connectivity index (χ3v) is 5.94. The Morgan fingerprint density at radius 2 is 1.95 bits per heavy atom. The molecule has 1 fully saturated rings. The lowest BCUT2D eigenvalue weighted by molar-refractivity contribution is -0.131. The molecule has 0 spiro atoms. The van der Waals surface area contributed by atoms with Crippen molar-refractivity contribution in [3.63, 3.8) is 0 Å². The summed E-state index contributed by atoms with van der Waals surface area (Å²) in [4.78, 5) is -0.109. The van der Waals surface area contributed by atoms with E-state index in [-0.39, 0.29) is 34.6 Å². The van der Waals surface area contributed by atoms with E-state index >= 15 is 0 Å². The predicted octanol–water partition coefficient (Wildman–Crippen LogP) is 2.15. The first-order valence-electron chi connectivity index (χ1n) is 6.40. The molecule has 0 aromatic heterocycles. The second kappa shape index (κ2) is 6.02. The molecule has 1 heterocycles. The molecule has 1 aliphatic rings. The van der Waals surface area contributed by atoms with Crippen LogP contribution in [0, 0.1) is 0 Å². The van der Waals surface area contributed by atoms with Crippen LogP contribution in [0.1, 0.15) is 13.8 Å². The number of aliphatic hydroxyl groups is 1. The van der Waals surface area contributed by atoms with E-state index in [0.717, 1.165) is 0 Å². The number of benzene rings is 1. The Balaban J connectivity index is 2.44. The van der Waals surface area contributed by atoms with Crippen LogP contribution in [0.25, 0.3) is 0 Å². The van der Waals surface area contributed by atoms with Crippen LogP contribution in [0.5, 0.6) is 0 Å². The maximum atomic E-state index is 12.8. The Morgan fingerprint density at radius 1 is 1.38 bits per heavy atom. The van der Waals surface area contributed by atoms with Crippen LogP contribution in [-0.2, 0) is 14.8 Å². The number of sulfonamides is 1. The van der Waals surface area contributed by atoms with Gasteiger partial charge in [-0.25, -0.2) is 8.42 Å². The summed E-state index contributed by atoms with van der Waals surface area (Å²) in [6.07, 6.45) is -0.579. The Hall–Kier alpha value is -0.370. The third-order valence-electron chi connectivity index (χ3n) is 3.17. The highest BCUT2D eigenvalue weighted by atomic mass is 35.5.